The van der Waals surface area contributed by atoms with E-state index in [0.29, 0.717) is 18.1 Å². The fraction of sp³-hybridized carbons (Fsp3) is 0.586. The number of hydrogen-bond acceptors (Lipinski definition) is 4. The molecular weight excluding hydrogens is 404 g/mol. The van der Waals surface area contributed by atoms with Gasteiger partial charge in [-0.2, -0.15) is 0 Å². The number of piperazine rings is 2. The third-order valence-electron chi connectivity index (χ3n) is 7.52. The van der Waals surface area contributed by atoms with Crippen LogP contribution in [0.2, 0.25) is 0 Å². The van der Waals surface area contributed by atoms with Gasteiger partial charge >= 0.3 is 0 Å². The zero-order valence-corrected chi connectivity index (χ0v) is 21.2. The summed E-state index contributed by atoms with van der Waals surface area (Å²) in [5.41, 5.74) is 4.59. The molecule has 0 aliphatic carbocycles. The highest BCUT2D eigenvalue weighted by Gasteiger charge is 2.28. The predicted octanol–water partition coefficient (Wildman–Crippen LogP) is 3.75. The molecule has 0 bridgehead atoms. The maximum atomic E-state index is 3.73. The van der Waals surface area contributed by atoms with Crippen molar-refractivity contribution in [3.8, 4) is 0 Å². The Morgan fingerprint density at radius 1 is 0.879 bits per heavy atom. The molecule has 2 fully saturated rings. The highest BCUT2D eigenvalue weighted by molar-refractivity contribution is 5.24. The standard InChI is InChI=1S/C29H44N4/c1-23(33-17-14-30-21-28(33)20-24-8-6-5-7-9-24)18-25-10-12-26(13-11-25)19-27-22-32(16-15-31-27)29(2,3)4/h5-13,23,27-28,30-31H,14-22H2,1-4H3. The Kier molecular flexibility index (Phi) is 8.24. The van der Waals surface area contributed by atoms with Crippen molar-refractivity contribution in [2.24, 2.45) is 0 Å². The Morgan fingerprint density at radius 3 is 2.30 bits per heavy atom. The number of hydrogen-bond donors (Lipinski definition) is 2. The van der Waals surface area contributed by atoms with Crippen LogP contribution in [0.4, 0.5) is 0 Å². The van der Waals surface area contributed by atoms with E-state index in [0.717, 1.165) is 58.5 Å². The first-order valence-corrected chi connectivity index (χ1v) is 12.9. The van der Waals surface area contributed by atoms with E-state index in [1.54, 1.807) is 0 Å². The first kappa shape index (κ1) is 24.4. The summed E-state index contributed by atoms with van der Waals surface area (Å²) in [5.74, 6) is 0. The largest absolute Gasteiger partial charge is 0.314 e. The first-order valence-electron chi connectivity index (χ1n) is 12.9. The van der Waals surface area contributed by atoms with Crippen molar-refractivity contribution in [3.05, 3.63) is 71.3 Å². The van der Waals surface area contributed by atoms with Crippen LogP contribution in [0, 0.1) is 0 Å². The maximum Gasteiger partial charge on any atom is 0.0264 e. The van der Waals surface area contributed by atoms with E-state index in [9.17, 15) is 0 Å². The summed E-state index contributed by atoms with van der Waals surface area (Å²) in [6, 6.07) is 22.1. The molecule has 180 valence electrons. The number of nitrogens with zero attached hydrogens (tertiary/aromatic N) is 2. The van der Waals surface area contributed by atoms with Gasteiger partial charge in [0, 0.05) is 62.9 Å². The van der Waals surface area contributed by atoms with Gasteiger partial charge in [-0.25, -0.2) is 0 Å². The van der Waals surface area contributed by atoms with E-state index in [1.807, 2.05) is 0 Å². The molecule has 2 aromatic carbocycles. The molecule has 4 nitrogen and oxygen atoms in total. The Balaban J connectivity index is 1.32. The molecule has 3 unspecified atom stereocenters. The summed E-state index contributed by atoms with van der Waals surface area (Å²) >= 11 is 0. The van der Waals surface area contributed by atoms with Crippen LogP contribution in [0.5, 0.6) is 0 Å². The lowest BCUT2D eigenvalue weighted by molar-refractivity contribution is 0.0957. The van der Waals surface area contributed by atoms with Crippen LogP contribution in [0.1, 0.15) is 44.4 Å². The van der Waals surface area contributed by atoms with Gasteiger partial charge in [0.05, 0.1) is 0 Å². The second-order valence-electron chi connectivity index (χ2n) is 11.1. The molecule has 0 radical (unpaired) electrons. The normalized spacial score (nSPS) is 24.0. The fourth-order valence-electron chi connectivity index (χ4n) is 5.56. The van der Waals surface area contributed by atoms with E-state index >= 15 is 0 Å². The summed E-state index contributed by atoms with van der Waals surface area (Å²) in [5, 5.41) is 7.34. The van der Waals surface area contributed by atoms with E-state index < -0.39 is 0 Å². The van der Waals surface area contributed by atoms with Gasteiger partial charge in [-0.05, 0) is 63.6 Å². The van der Waals surface area contributed by atoms with Crippen molar-refractivity contribution in [2.45, 2.75) is 70.6 Å². The summed E-state index contributed by atoms with van der Waals surface area (Å²) < 4.78 is 0. The highest BCUT2D eigenvalue weighted by Crippen LogP contribution is 2.20. The van der Waals surface area contributed by atoms with Crippen LogP contribution in [0.3, 0.4) is 0 Å². The van der Waals surface area contributed by atoms with Crippen LogP contribution in [0.15, 0.2) is 54.6 Å². The van der Waals surface area contributed by atoms with Gasteiger partial charge in [0.25, 0.3) is 0 Å². The molecule has 3 atom stereocenters. The van der Waals surface area contributed by atoms with Crippen molar-refractivity contribution in [3.63, 3.8) is 0 Å². The second-order valence-corrected chi connectivity index (χ2v) is 11.1. The molecule has 2 heterocycles. The van der Waals surface area contributed by atoms with Crippen LogP contribution < -0.4 is 10.6 Å². The topological polar surface area (TPSA) is 30.5 Å². The lowest BCUT2D eigenvalue weighted by atomic mass is 9.96. The number of nitrogens with one attached hydrogen (secondary N) is 2. The minimum atomic E-state index is 0.253. The van der Waals surface area contributed by atoms with Gasteiger partial charge in [0.15, 0.2) is 0 Å². The molecule has 33 heavy (non-hydrogen) atoms. The van der Waals surface area contributed by atoms with Gasteiger partial charge in [-0.1, -0.05) is 54.6 Å². The molecule has 2 aliphatic heterocycles. The lowest BCUT2D eigenvalue weighted by Crippen LogP contribution is -2.57. The van der Waals surface area contributed by atoms with E-state index in [-0.39, 0.29) is 5.54 Å². The summed E-state index contributed by atoms with van der Waals surface area (Å²) in [4.78, 5) is 5.34. The molecule has 2 N–H and O–H groups in total. The van der Waals surface area contributed by atoms with Gasteiger partial charge in [-0.3, -0.25) is 9.80 Å². The molecule has 2 aromatic rings. The molecule has 0 spiro atoms. The zero-order chi connectivity index (χ0) is 23.3. The SMILES string of the molecule is CC(Cc1ccc(CC2CN(C(C)(C)C)CCN2)cc1)N1CCNCC1Cc1ccccc1. The van der Waals surface area contributed by atoms with Crippen molar-refractivity contribution >= 4 is 0 Å². The Labute approximate surface area is 201 Å². The fourth-order valence-corrected chi connectivity index (χ4v) is 5.56. The van der Waals surface area contributed by atoms with Crippen LogP contribution in [-0.2, 0) is 19.3 Å². The van der Waals surface area contributed by atoms with Crippen molar-refractivity contribution in [2.75, 3.05) is 39.3 Å². The second kappa shape index (κ2) is 11.1. The third-order valence-corrected chi connectivity index (χ3v) is 7.52. The molecule has 0 aromatic heterocycles. The minimum Gasteiger partial charge on any atom is -0.314 e. The Bertz CT molecular complexity index is 842. The van der Waals surface area contributed by atoms with Gasteiger partial charge in [0.2, 0.25) is 0 Å². The molecule has 2 aliphatic rings. The molecule has 0 saturated carbocycles. The molecular formula is C29H44N4. The lowest BCUT2D eigenvalue weighted by Gasteiger charge is -2.42. The van der Waals surface area contributed by atoms with Crippen LogP contribution in [0.25, 0.3) is 0 Å². The summed E-state index contributed by atoms with van der Waals surface area (Å²) in [7, 11) is 0. The molecule has 0 amide bonds. The highest BCUT2D eigenvalue weighted by atomic mass is 15.2. The quantitative estimate of drug-likeness (QED) is 0.675. The van der Waals surface area contributed by atoms with Gasteiger partial charge in [0.1, 0.15) is 0 Å². The van der Waals surface area contributed by atoms with Crippen LogP contribution in [-0.4, -0.2) is 72.7 Å². The maximum absolute atomic E-state index is 3.73. The molecule has 2 saturated heterocycles. The minimum absolute atomic E-state index is 0.253. The molecule has 4 rings (SSSR count). The third kappa shape index (κ3) is 6.89. The van der Waals surface area contributed by atoms with Gasteiger partial charge in [-0.15, -0.1) is 0 Å². The van der Waals surface area contributed by atoms with E-state index in [2.05, 4.69) is 103 Å². The zero-order valence-electron chi connectivity index (χ0n) is 21.2. The average molecular weight is 449 g/mol. The van der Waals surface area contributed by atoms with E-state index in [1.165, 1.54) is 16.7 Å². The molecule has 4 heteroatoms. The monoisotopic (exact) mass is 448 g/mol. The van der Waals surface area contributed by atoms with E-state index in [4.69, 9.17) is 0 Å². The van der Waals surface area contributed by atoms with Crippen molar-refractivity contribution < 1.29 is 0 Å². The van der Waals surface area contributed by atoms with Crippen LogP contribution >= 0.6 is 0 Å². The first-order chi connectivity index (χ1) is 15.9. The summed E-state index contributed by atoms with van der Waals surface area (Å²) in [6.45, 7) is 16.1. The predicted molar refractivity (Wildman–Crippen MR) is 140 cm³/mol. The average Bonchev–Trinajstić information content (AvgIpc) is 2.81. The number of benzene rings is 2. The van der Waals surface area contributed by atoms with Crippen molar-refractivity contribution in [1.29, 1.82) is 0 Å². The van der Waals surface area contributed by atoms with Crippen molar-refractivity contribution in [1.82, 2.24) is 20.4 Å². The van der Waals surface area contributed by atoms with Gasteiger partial charge < -0.3 is 10.6 Å². The Morgan fingerprint density at radius 2 is 1.58 bits per heavy atom. The number of rotatable bonds is 7. The smallest absolute Gasteiger partial charge is 0.0264 e. The Hall–Kier alpha value is -1.72. The summed E-state index contributed by atoms with van der Waals surface area (Å²) in [6.07, 6.45) is 3.35.